The predicted octanol–water partition coefficient (Wildman–Crippen LogP) is 8.82. The topological polar surface area (TPSA) is 23.8 Å². The van der Waals surface area contributed by atoms with Crippen LogP contribution in [0.25, 0.3) is 0 Å². The summed E-state index contributed by atoms with van der Waals surface area (Å²) in [4.78, 5) is 0. The van der Waals surface area contributed by atoms with Crippen molar-refractivity contribution in [2.45, 2.75) is 96.3 Å². The third-order valence-electron chi connectivity index (χ3n) is 7.80. The second kappa shape index (κ2) is 12.8. The minimum absolute atomic E-state index is 0.562. The molecule has 0 aromatic heterocycles. The van der Waals surface area contributed by atoms with Crippen LogP contribution >= 0.6 is 0 Å². The van der Waals surface area contributed by atoms with Crippen molar-refractivity contribution in [2.24, 2.45) is 17.8 Å². The molecule has 2 aliphatic carbocycles. The van der Waals surface area contributed by atoms with Crippen LogP contribution in [0.15, 0.2) is 48.3 Å². The first-order chi connectivity index (χ1) is 15.2. The lowest BCUT2D eigenvalue weighted by Gasteiger charge is -2.29. The first-order valence-electron chi connectivity index (χ1n) is 12.7. The molecule has 31 heavy (non-hydrogen) atoms. The number of halogens is 1. The molecular formula is C29H40FN. The second-order valence-electron chi connectivity index (χ2n) is 9.89. The Morgan fingerprint density at radius 3 is 2.06 bits per heavy atom. The van der Waals surface area contributed by atoms with Gasteiger partial charge in [0.25, 0.3) is 0 Å². The summed E-state index contributed by atoms with van der Waals surface area (Å²) in [5.74, 6) is 2.49. The molecule has 1 aromatic carbocycles. The third kappa shape index (κ3) is 7.95. The Bertz CT molecular complexity index is 738. The van der Waals surface area contributed by atoms with E-state index in [0.717, 1.165) is 24.2 Å². The molecule has 1 nitrogen and oxygen atoms in total. The molecule has 0 radical (unpaired) electrons. The fraction of sp³-hybridized carbons (Fsp3) is 0.621. The third-order valence-corrected chi connectivity index (χ3v) is 7.80. The zero-order chi connectivity index (χ0) is 21.9. The monoisotopic (exact) mass is 421 g/mol. The fourth-order valence-corrected chi connectivity index (χ4v) is 5.68. The van der Waals surface area contributed by atoms with Gasteiger partial charge in [-0.05, 0) is 98.7 Å². The zero-order valence-electron chi connectivity index (χ0n) is 19.4. The van der Waals surface area contributed by atoms with Crippen LogP contribution in [-0.4, -0.2) is 0 Å². The average molecular weight is 422 g/mol. The summed E-state index contributed by atoms with van der Waals surface area (Å²) in [5.41, 5.74) is 3.01. The summed E-state index contributed by atoms with van der Waals surface area (Å²) >= 11 is 0. The lowest BCUT2D eigenvalue weighted by atomic mass is 9.76. The standard InChI is InChI=1S/C29H40FN/c1-2-23-14-18-27(19-15-23)28-20-16-25(17-21-28)7-4-3-6-24-10-12-26(13-11-24)8-5-9-29(30)22-31/h5,8-9,14-15,18-19,24-26,28H,2-4,6-7,10-13,16-17,20-21H2,1H3/t24-,25-,26-,28-. The van der Waals surface area contributed by atoms with Gasteiger partial charge in [-0.2, -0.15) is 9.65 Å². The highest BCUT2D eigenvalue weighted by Crippen LogP contribution is 2.38. The van der Waals surface area contributed by atoms with Crippen molar-refractivity contribution < 1.29 is 4.39 Å². The van der Waals surface area contributed by atoms with Crippen LogP contribution < -0.4 is 0 Å². The lowest BCUT2D eigenvalue weighted by molar-refractivity contribution is 0.273. The van der Waals surface area contributed by atoms with E-state index in [4.69, 9.17) is 5.26 Å². The quantitative estimate of drug-likeness (QED) is 0.222. The van der Waals surface area contributed by atoms with Gasteiger partial charge < -0.3 is 0 Å². The SMILES string of the molecule is CCc1ccc([C@H]2CC[C@H](CCCC[C@H]3CC[C@H](C=CC=C(F)C#N)CC3)CC2)cc1. The van der Waals surface area contributed by atoms with Crippen molar-refractivity contribution in [1.29, 1.82) is 5.26 Å². The Morgan fingerprint density at radius 2 is 1.52 bits per heavy atom. The van der Waals surface area contributed by atoms with Gasteiger partial charge in [0.15, 0.2) is 5.83 Å². The van der Waals surface area contributed by atoms with E-state index >= 15 is 0 Å². The maximum absolute atomic E-state index is 12.8. The number of unbranched alkanes of at least 4 members (excludes halogenated alkanes) is 1. The Morgan fingerprint density at radius 1 is 0.935 bits per heavy atom. The molecule has 0 aliphatic heterocycles. The molecule has 0 unspecified atom stereocenters. The summed E-state index contributed by atoms with van der Waals surface area (Å²) in [5, 5.41) is 8.44. The second-order valence-corrected chi connectivity index (χ2v) is 9.89. The maximum atomic E-state index is 12.8. The average Bonchev–Trinajstić information content (AvgIpc) is 2.83. The number of aryl methyl sites for hydroxylation is 1. The predicted molar refractivity (Wildman–Crippen MR) is 128 cm³/mol. The van der Waals surface area contributed by atoms with Gasteiger partial charge in [-0.3, -0.25) is 0 Å². The zero-order valence-corrected chi connectivity index (χ0v) is 19.4. The lowest BCUT2D eigenvalue weighted by Crippen LogP contribution is -2.14. The van der Waals surface area contributed by atoms with E-state index in [1.807, 2.05) is 0 Å². The van der Waals surface area contributed by atoms with Gasteiger partial charge in [0.05, 0.1) is 0 Å². The molecule has 2 fully saturated rings. The van der Waals surface area contributed by atoms with Crippen molar-refractivity contribution in [3.05, 3.63) is 59.4 Å². The molecular weight excluding hydrogens is 381 g/mol. The molecule has 0 saturated heterocycles. The first-order valence-corrected chi connectivity index (χ1v) is 12.7. The molecule has 168 valence electrons. The van der Waals surface area contributed by atoms with E-state index in [0.29, 0.717) is 5.92 Å². The van der Waals surface area contributed by atoms with Gasteiger partial charge in [0.2, 0.25) is 0 Å². The highest BCUT2D eigenvalue weighted by Gasteiger charge is 2.23. The Balaban J connectivity index is 1.25. The smallest absolute Gasteiger partial charge is 0.195 e. The van der Waals surface area contributed by atoms with Crippen LogP contribution in [-0.2, 0) is 6.42 Å². The Labute approximate surface area is 189 Å². The van der Waals surface area contributed by atoms with Crippen LogP contribution in [0.3, 0.4) is 0 Å². The van der Waals surface area contributed by atoms with Crippen molar-refractivity contribution in [1.82, 2.24) is 0 Å². The van der Waals surface area contributed by atoms with Crippen LogP contribution in [0.2, 0.25) is 0 Å². The Kier molecular flexibility index (Phi) is 9.85. The number of nitriles is 1. The summed E-state index contributed by atoms with van der Waals surface area (Å²) in [7, 11) is 0. The molecule has 0 heterocycles. The molecule has 0 N–H and O–H groups in total. The molecule has 0 atom stereocenters. The van der Waals surface area contributed by atoms with Crippen molar-refractivity contribution >= 4 is 0 Å². The van der Waals surface area contributed by atoms with Gasteiger partial charge in [-0.15, -0.1) is 0 Å². The largest absolute Gasteiger partial charge is 0.199 e. The van der Waals surface area contributed by atoms with E-state index in [-0.39, 0.29) is 0 Å². The summed E-state index contributed by atoms with van der Waals surface area (Å²) in [6, 6.07) is 10.9. The number of hydrogen-bond donors (Lipinski definition) is 0. The van der Waals surface area contributed by atoms with E-state index < -0.39 is 5.83 Å². The molecule has 0 amide bonds. The van der Waals surface area contributed by atoms with Gasteiger partial charge in [-0.25, -0.2) is 0 Å². The molecule has 2 saturated carbocycles. The van der Waals surface area contributed by atoms with Crippen molar-refractivity contribution in [3.8, 4) is 6.07 Å². The highest BCUT2D eigenvalue weighted by molar-refractivity contribution is 5.25. The van der Waals surface area contributed by atoms with Crippen molar-refractivity contribution in [3.63, 3.8) is 0 Å². The van der Waals surface area contributed by atoms with Crippen LogP contribution in [0.4, 0.5) is 4.39 Å². The van der Waals surface area contributed by atoms with Gasteiger partial charge in [0.1, 0.15) is 6.07 Å². The van der Waals surface area contributed by atoms with Gasteiger partial charge in [0, 0.05) is 0 Å². The van der Waals surface area contributed by atoms with E-state index in [1.165, 1.54) is 94.8 Å². The molecule has 0 bridgehead atoms. The fourth-order valence-electron chi connectivity index (χ4n) is 5.68. The number of hydrogen-bond acceptors (Lipinski definition) is 1. The molecule has 0 spiro atoms. The highest BCUT2D eigenvalue weighted by atomic mass is 19.1. The summed E-state index contributed by atoms with van der Waals surface area (Å²) < 4.78 is 12.8. The van der Waals surface area contributed by atoms with Gasteiger partial charge in [-0.1, -0.05) is 69.0 Å². The number of benzene rings is 1. The molecule has 3 rings (SSSR count). The Hall–Kier alpha value is -1.88. The van der Waals surface area contributed by atoms with Gasteiger partial charge >= 0.3 is 0 Å². The maximum Gasteiger partial charge on any atom is 0.199 e. The minimum atomic E-state index is -0.705. The normalized spacial score (nSPS) is 27.3. The summed E-state index contributed by atoms with van der Waals surface area (Å²) in [6.45, 7) is 2.23. The summed E-state index contributed by atoms with van der Waals surface area (Å²) in [6.07, 6.45) is 22.4. The first kappa shape index (κ1) is 23.8. The number of nitrogens with zero attached hydrogens (tertiary/aromatic N) is 1. The number of allylic oxidation sites excluding steroid dienone is 4. The van der Waals surface area contributed by atoms with Crippen LogP contribution in [0.1, 0.15) is 101 Å². The van der Waals surface area contributed by atoms with E-state index in [1.54, 1.807) is 11.6 Å². The molecule has 1 aromatic rings. The van der Waals surface area contributed by atoms with E-state index in [9.17, 15) is 4.39 Å². The number of rotatable bonds is 9. The van der Waals surface area contributed by atoms with E-state index in [2.05, 4.69) is 37.3 Å². The van der Waals surface area contributed by atoms with Crippen molar-refractivity contribution in [2.75, 3.05) is 0 Å². The van der Waals surface area contributed by atoms with Crippen LogP contribution in [0, 0.1) is 29.1 Å². The molecule has 2 aliphatic rings. The van der Waals surface area contributed by atoms with Crippen LogP contribution in [0.5, 0.6) is 0 Å². The minimum Gasteiger partial charge on any atom is -0.195 e. The molecule has 2 heteroatoms.